The van der Waals surface area contributed by atoms with E-state index in [0.717, 1.165) is 25.3 Å². The molecule has 0 atom stereocenters. The largest absolute Gasteiger partial charge is 0.397 e. The van der Waals surface area contributed by atoms with E-state index in [9.17, 15) is 4.79 Å². The number of amides is 1. The average Bonchev–Trinajstić information content (AvgIpc) is 2.42. The Morgan fingerprint density at radius 3 is 2.40 bits per heavy atom. The predicted octanol–water partition coefficient (Wildman–Crippen LogP) is 1.41. The van der Waals surface area contributed by atoms with E-state index in [4.69, 9.17) is 5.73 Å². The molecule has 0 heterocycles. The number of benzene rings is 1. The summed E-state index contributed by atoms with van der Waals surface area (Å²) in [6.45, 7) is 7.74. The van der Waals surface area contributed by atoms with Crippen LogP contribution in [0.25, 0.3) is 0 Å². The monoisotopic (exact) mass is 278 g/mol. The molecule has 0 saturated carbocycles. The van der Waals surface area contributed by atoms with Gasteiger partial charge in [-0.25, -0.2) is 0 Å². The third-order valence-electron chi connectivity index (χ3n) is 3.38. The fourth-order valence-corrected chi connectivity index (χ4v) is 2.07. The number of hydrogen-bond donors (Lipinski definition) is 2. The van der Waals surface area contributed by atoms with Gasteiger partial charge in [0, 0.05) is 32.7 Å². The van der Waals surface area contributed by atoms with Crippen LogP contribution < -0.4 is 16.0 Å². The summed E-state index contributed by atoms with van der Waals surface area (Å²) in [6.07, 6.45) is 0. The van der Waals surface area contributed by atoms with E-state index in [1.54, 1.807) is 12.1 Å². The molecule has 0 aliphatic rings. The van der Waals surface area contributed by atoms with E-state index in [0.29, 0.717) is 17.8 Å². The number of nitrogens with zero attached hydrogens (tertiary/aromatic N) is 2. The Bertz CT molecular complexity index is 441. The Morgan fingerprint density at radius 2 is 1.90 bits per heavy atom. The SMILES string of the molecule is CCN(CC)CCNC(=O)c1ccc(N(C)C)c(N)c1. The topological polar surface area (TPSA) is 61.6 Å². The summed E-state index contributed by atoms with van der Waals surface area (Å²) in [5, 5.41) is 2.92. The molecule has 1 amide bonds. The second kappa shape index (κ2) is 7.75. The molecule has 5 nitrogen and oxygen atoms in total. The van der Waals surface area contributed by atoms with Gasteiger partial charge in [-0.15, -0.1) is 0 Å². The highest BCUT2D eigenvalue weighted by molar-refractivity contribution is 5.96. The minimum Gasteiger partial charge on any atom is -0.397 e. The van der Waals surface area contributed by atoms with E-state index >= 15 is 0 Å². The van der Waals surface area contributed by atoms with Crippen LogP contribution in [0, 0.1) is 0 Å². The minimum absolute atomic E-state index is 0.0748. The molecule has 112 valence electrons. The van der Waals surface area contributed by atoms with Crippen LogP contribution in [-0.2, 0) is 0 Å². The zero-order valence-electron chi connectivity index (χ0n) is 12.9. The Labute approximate surface area is 121 Å². The van der Waals surface area contributed by atoms with Crippen LogP contribution in [0.4, 0.5) is 11.4 Å². The molecule has 1 aromatic carbocycles. The van der Waals surface area contributed by atoms with Gasteiger partial charge in [-0.2, -0.15) is 0 Å². The van der Waals surface area contributed by atoms with Gasteiger partial charge in [0.2, 0.25) is 0 Å². The first-order chi connectivity index (χ1) is 9.49. The summed E-state index contributed by atoms with van der Waals surface area (Å²) in [5.74, 6) is -0.0748. The second-order valence-electron chi connectivity index (χ2n) is 4.95. The lowest BCUT2D eigenvalue weighted by atomic mass is 10.1. The summed E-state index contributed by atoms with van der Waals surface area (Å²) in [6, 6.07) is 5.40. The summed E-state index contributed by atoms with van der Waals surface area (Å²) in [7, 11) is 3.85. The lowest BCUT2D eigenvalue weighted by Crippen LogP contribution is -2.34. The van der Waals surface area contributed by atoms with Gasteiger partial charge in [0.15, 0.2) is 0 Å². The van der Waals surface area contributed by atoms with E-state index in [1.807, 2.05) is 25.1 Å². The van der Waals surface area contributed by atoms with Crippen molar-refractivity contribution in [3.05, 3.63) is 23.8 Å². The molecular formula is C15H26N4O. The number of hydrogen-bond acceptors (Lipinski definition) is 4. The van der Waals surface area contributed by atoms with Gasteiger partial charge in [0.1, 0.15) is 0 Å². The van der Waals surface area contributed by atoms with E-state index < -0.39 is 0 Å². The lowest BCUT2D eigenvalue weighted by molar-refractivity contribution is 0.0949. The van der Waals surface area contributed by atoms with Gasteiger partial charge in [-0.05, 0) is 31.3 Å². The Kier molecular flexibility index (Phi) is 6.31. The van der Waals surface area contributed by atoms with Crippen molar-refractivity contribution in [3.8, 4) is 0 Å². The van der Waals surface area contributed by atoms with Crippen LogP contribution >= 0.6 is 0 Å². The van der Waals surface area contributed by atoms with Crippen molar-refractivity contribution in [2.75, 3.05) is 50.9 Å². The number of nitrogen functional groups attached to an aromatic ring is 1. The van der Waals surface area contributed by atoms with Gasteiger partial charge in [0.05, 0.1) is 11.4 Å². The zero-order valence-corrected chi connectivity index (χ0v) is 12.9. The molecule has 0 aromatic heterocycles. The molecule has 0 fully saturated rings. The van der Waals surface area contributed by atoms with Crippen LogP contribution in [-0.4, -0.2) is 51.1 Å². The first-order valence-electron chi connectivity index (χ1n) is 7.07. The number of rotatable bonds is 7. The van der Waals surface area contributed by atoms with Crippen LogP contribution in [0.15, 0.2) is 18.2 Å². The van der Waals surface area contributed by atoms with Crippen molar-refractivity contribution in [1.29, 1.82) is 0 Å². The molecule has 1 rings (SSSR count). The van der Waals surface area contributed by atoms with Crippen molar-refractivity contribution in [2.45, 2.75) is 13.8 Å². The van der Waals surface area contributed by atoms with Gasteiger partial charge in [-0.3, -0.25) is 4.79 Å². The maximum Gasteiger partial charge on any atom is 0.251 e. The molecule has 0 unspecified atom stereocenters. The molecule has 0 saturated heterocycles. The van der Waals surface area contributed by atoms with E-state index in [1.165, 1.54) is 0 Å². The highest BCUT2D eigenvalue weighted by Crippen LogP contribution is 2.22. The van der Waals surface area contributed by atoms with Gasteiger partial charge in [-0.1, -0.05) is 13.8 Å². The second-order valence-corrected chi connectivity index (χ2v) is 4.95. The number of nitrogens with two attached hydrogens (primary N) is 1. The highest BCUT2D eigenvalue weighted by atomic mass is 16.1. The van der Waals surface area contributed by atoms with Crippen LogP contribution in [0.1, 0.15) is 24.2 Å². The standard InChI is InChI=1S/C15H26N4O/c1-5-19(6-2)10-9-17-15(20)12-7-8-14(18(3)4)13(16)11-12/h7-8,11H,5-6,9-10,16H2,1-4H3,(H,17,20). The van der Waals surface area contributed by atoms with E-state index in [2.05, 4.69) is 24.1 Å². The smallest absolute Gasteiger partial charge is 0.251 e. The molecule has 0 bridgehead atoms. The average molecular weight is 278 g/mol. The first-order valence-corrected chi connectivity index (χ1v) is 7.07. The fraction of sp³-hybridized carbons (Fsp3) is 0.533. The molecule has 1 aromatic rings. The molecule has 3 N–H and O–H groups in total. The van der Waals surface area contributed by atoms with Crippen molar-refractivity contribution in [3.63, 3.8) is 0 Å². The molecule has 0 spiro atoms. The van der Waals surface area contributed by atoms with Crippen molar-refractivity contribution < 1.29 is 4.79 Å². The number of nitrogens with one attached hydrogen (secondary N) is 1. The fourth-order valence-electron chi connectivity index (χ4n) is 2.07. The van der Waals surface area contributed by atoms with E-state index in [-0.39, 0.29) is 5.91 Å². The van der Waals surface area contributed by atoms with Gasteiger partial charge in [0.25, 0.3) is 5.91 Å². The van der Waals surface area contributed by atoms with Crippen molar-refractivity contribution >= 4 is 17.3 Å². The number of likely N-dealkylation sites (N-methyl/N-ethyl adjacent to an activating group) is 1. The maximum absolute atomic E-state index is 12.0. The van der Waals surface area contributed by atoms with Crippen LogP contribution in [0.2, 0.25) is 0 Å². The van der Waals surface area contributed by atoms with Gasteiger partial charge >= 0.3 is 0 Å². The van der Waals surface area contributed by atoms with Crippen molar-refractivity contribution in [1.82, 2.24) is 10.2 Å². The molecule has 0 aliphatic heterocycles. The Balaban J connectivity index is 2.58. The summed E-state index contributed by atoms with van der Waals surface area (Å²) >= 11 is 0. The molecular weight excluding hydrogens is 252 g/mol. The number of carbonyl (C=O) groups excluding carboxylic acids is 1. The number of anilines is 2. The lowest BCUT2D eigenvalue weighted by Gasteiger charge is -2.18. The van der Waals surface area contributed by atoms with Crippen LogP contribution in [0.3, 0.4) is 0 Å². The third-order valence-corrected chi connectivity index (χ3v) is 3.38. The normalized spacial score (nSPS) is 10.7. The number of carbonyl (C=O) groups is 1. The summed E-state index contributed by atoms with van der Waals surface area (Å²) in [5.41, 5.74) is 8.09. The molecule has 20 heavy (non-hydrogen) atoms. The van der Waals surface area contributed by atoms with Crippen LogP contribution in [0.5, 0.6) is 0 Å². The third kappa shape index (κ3) is 4.42. The Hall–Kier alpha value is -1.75. The summed E-state index contributed by atoms with van der Waals surface area (Å²) < 4.78 is 0. The molecule has 5 heteroatoms. The van der Waals surface area contributed by atoms with Crippen molar-refractivity contribution in [2.24, 2.45) is 0 Å². The molecule has 0 aliphatic carbocycles. The Morgan fingerprint density at radius 1 is 1.25 bits per heavy atom. The first kappa shape index (κ1) is 16.3. The molecule has 0 radical (unpaired) electrons. The van der Waals surface area contributed by atoms with Gasteiger partial charge < -0.3 is 20.9 Å². The highest BCUT2D eigenvalue weighted by Gasteiger charge is 2.09. The predicted molar refractivity (Wildman–Crippen MR) is 85.3 cm³/mol. The zero-order chi connectivity index (χ0) is 15.1. The minimum atomic E-state index is -0.0748. The maximum atomic E-state index is 12.0. The summed E-state index contributed by atoms with van der Waals surface area (Å²) in [4.78, 5) is 16.2. The quantitative estimate of drug-likeness (QED) is 0.740.